The highest BCUT2D eigenvalue weighted by atomic mass is 16.5. The van der Waals surface area contributed by atoms with Crippen molar-refractivity contribution in [3.63, 3.8) is 0 Å². The summed E-state index contributed by atoms with van der Waals surface area (Å²) in [4.78, 5) is 4.48. The topological polar surface area (TPSA) is 78.0 Å². The number of nitrogens with two attached hydrogens (primary N) is 1. The molecule has 3 rings (SSSR count). The molecule has 0 aliphatic heterocycles. The molecule has 1 atom stereocenters. The van der Waals surface area contributed by atoms with E-state index in [1.807, 2.05) is 37.4 Å². The van der Waals surface area contributed by atoms with Gasteiger partial charge in [-0.1, -0.05) is 24.3 Å². The lowest BCUT2D eigenvalue weighted by Gasteiger charge is -2.19. The molecule has 0 aliphatic carbocycles. The predicted molar refractivity (Wildman–Crippen MR) is 80.7 cm³/mol. The van der Waals surface area contributed by atoms with Crippen LogP contribution in [0.5, 0.6) is 5.75 Å². The summed E-state index contributed by atoms with van der Waals surface area (Å²) >= 11 is 0. The summed E-state index contributed by atoms with van der Waals surface area (Å²) in [6.45, 7) is 0. The quantitative estimate of drug-likeness (QED) is 0.561. The molecule has 3 N–H and O–H groups in total. The number of nitrogens with zero attached hydrogens (tertiary/aromatic N) is 3. The molecule has 3 aromatic rings. The van der Waals surface area contributed by atoms with Gasteiger partial charge in [-0.2, -0.15) is 5.10 Å². The average Bonchev–Trinajstić information content (AvgIpc) is 2.90. The Balaban J connectivity index is 2.21. The van der Waals surface area contributed by atoms with Crippen LogP contribution in [0.3, 0.4) is 0 Å². The Kier molecular flexibility index (Phi) is 3.55. The number of benzene rings is 1. The van der Waals surface area contributed by atoms with Gasteiger partial charge in [0.15, 0.2) is 5.75 Å². The van der Waals surface area contributed by atoms with Gasteiger partial charge in [0.25, 0.3) is 0 Å². The van der Waals surface area contributed by atoms with Gasteiger partial charge < -0.3 is 4.74 Å². The zero-order valence-electron chi connectivity index (χ0n) is 11.9. The number of para-hydroxylation sites is 1. The number of rotatable bonds is 4. The third kappa shape index (κ3) is 2.24. The summed E-state index contributed by atoms with van der Waals surface area (Å²) in [5.41, 5.74) is 5.60. The molecule has 2 aromatic heterocycles. The van der Waals surface area contributed by atoms with Crippen LogP contribution in [-0.2, 0) is 7.05 Å². The van der Waals surface area contributed by atoms with Crippen molar-refractivity contribution in [3.8, 4) is 5.75 Å². The Morgan fingerprint density at radius 1 is 1.29 bits per heavy atom. The van der Waals surface area contributed by atoms with Gasteiger partial charge >= 0.3 is 0 Å². The van der Waals surface area contributed by atoms with E-state index in [0.29, 0.717) is 5.75 Å². The van der Waals surface area contributed by atoms with Crippen molar-refractivity contribution in [1.82, 2.24) is 20.2 Å². The lowest BCUT2D eigenvalue weighted by Crippen LogP contribution is -2.31. The van der Waals surface area contributed by atoms with Gasteiger partial charge in [0, 0.05) is 24.2 Å². The van der Waals surface area contributed by atoms with Gasteiger partial charge in [0.2, 0.25) is 0 Å². The van der Waals surface area contributed by atoms with Crippen molar-refractivity contribution in [2.45, 2.75) is 6.04 Å². The lowest BCUT2D eigenvalue weighted by molar-refractivity contribution is 0.401. The molecule has 0 fully saturated rings. The summed E-state index contributed by atoms with van der Waals surface area (Å²) in [5, 5.41) is 5.30. The number of pyridine rings is 1. The number of hydrazine groups is 1. The first-order valence-corrected chi connectivity index (χ1v) is 6.62. The van der Waals surface area contributed by atoms with Gasteiger partial charge in [0.05, 0.1) is 24.9 Å². The first-order chi connectivity index (χ1) is 10.3. The smallest absolute Gasteiger partial charge is 0.161 e. The lowest BCUT2D eigenvalue weighted by atomic mass is 10.00. The van der Waals surface area contributed by atoms with Gasteiger partial charge in [-0.3, -0.25) is 15.5 Å². The third-order valence-corrected chi connectivity index (χ3v) is 3.58. The second kappa shape index (κ2) is 5.51. The van der Waals surface area contributed by atoms with Crippen LogP contribution in [0.1, 0.15) is 17.3 Å². The monoisotopic (exact) mass is 283 g/mol. The molecule has 0 saturated carbocycles. The van der Waals surface area contributed by atoms with Crippen molar-refractivity contribution < 1.29 is 4.74 Å². The van der Waals surface area contributed by atoms with E-state index in [4.69, 9.17) is 10.6 Å². The van der Waals surface area contributed by atoms with E-state index in [-0.39, 0.29) is 6.04 Å². The van der Waals surface area contributed by atoms with E-state index in [2.05, 4.69) is 15.5 Å². The number of hydrogen-bond acceptors (Lipinski definition) is 5. The summed E-state index contributed by atoms with van der Waals surface area (Å²) in [5.74, 6) is 6.49. The molecule has 2 heterocycles. The Morgan fingerprint density at radius 2 is 2.10 bits per heavy atom. The maximum atomic E-state index is 5.81. The van der Waals surface area contributed by atoms with Crippen molar-refractivity contribution in [3.05, 3.63) is 54.0 Å². The van der Waals surface area contributed by atoms with Crippen molar-refractivity contribution in [2.75, 3.05) is 7.11 Å². The first kappa shape index (κ1) is 13.5. The Hall–Kier alpha value is -2.44. The van der Waals surface area contributed by atoms with E-state index >= 15 is 0 Å². The van der Waals surface area contributed by atoms with E-state index in [1.54, 1.807) is 24.2 Å². The average molecular weight is 283 g/mol. The maximum absolute atomic E-state index is 5.81. The molecule has 21 heavy (non-hydrogen) atoms. The number of hydrogen-bond donors (Lipinski definition) is 2. The van der Waals surface area contributed by atoms with Gasteiger partial charge in [-0.15, -0.1) is 0 Å². The molecule has 108 valence electrons. The van der Waals surface area contributed by atoms with E-state index < -0.39 is 0 Å². The second-order valence-corrected chi connectivity index (χ2v) is 4.74. The van der Waals surface area contributed by atoms with Crippen LogP contribution in [0.25, 0.3) is 10.9 Å². The van der Waals surface area contributed by atoms with Crippen LogP contribution in [0.4, 0.5) is 0 Å². The van der Waals surface area contributed by atoms with Crippen LogP contribution >= 0.6 is 0 Å². The molecule has 0 bridgehead atoms. The van der Waals surface area contributed by atoms with E-state index in [9.17, 15) is 0 Å². The summed E-state index contributed by atoms with van der Waals surface area (Å²) in [6, 6.07) is 9.71. The van der Waals surface area contributed by atoms with Crippen LogP contribution in [0.2, 0.25) is 0 Å². The van der Waals surface area contributed by atoms with Crippen molar-refractivity contribution >= 4 is 10.9 Å². The van der Waals surface area contributed by atoms with Gasteiger partial charge in [-0.25, -0.2) is 5.43 Å². The molecule has 0 saturated heterocycles. The van der Waals surface area contributed by atoms with Gasteiger partial charge in [-0.05, 0) is 6.07 Å². The van der Waals surface area contributed by atoms with Crippen LogP contribution in [0.15, 0.2) is 42.7 Å². The molecule has 1 aromatic carbocycles. The maximum Gasteiger partial charge on any atom is 0.161 e. The molecule has 6 heteroatoms. The highest BCUT2D eigenvalue weighted by Gasteiger charge is 2.23. The van der Waals surface area contributed by atoms with Crippen LogP contribution in [0, 0.1) is 0 Å². The van der Waals surface area contributed by atoms with E-state index in [0.717, 1.165) is 22.2 Å². The SMILES string of the molecule is COc1cnn(C)c1C(NN)c1cccc2cccnc12. The van der Waals surface area contributed by atoms with Crippen molar-refractivity contribution in [2.24, 2.45) is 12.9 Å². The summed E-state index contributed by atoms with van der Waals surface area (Å²) < 4.78 is 7.14. The molecule has 1 unspecified atom stereocenters. The van der Waals surface area contributed by atoms with Crippen molar-refractivity contribution in [1.29, 1.82) is 0 Å². The molecule has 0 aliphatic rings. The Labute approximate surface area is 122 Å². The Morgan fingerprint density at radius 3 is 2.86 bits per heavy atom. The fourth-order valence-electron chi connectivity index (χ4n) is 2.59. The number of fused-ring (bicyclic) bond motifs is 1. The second-order valence-electron chi connectivity index (χ2n) is 4.74. The number of aromatic nitrogens is 3. The number of nitrogens with one attached hydrogen (secondary N) is 1. The number of aryl methyl sites for hydroxylation is 1. The molecular weight excluding hydrogens is 266 g/mol. The highest BCUT2D eigenvalue weighted by molar-refractivity contribution is 5.82. The predicted octanol–water partition coefficient (Wildman–Crippen LogP) is 1.53. The van der Waals surface area contributed by atoms with E-state index in [1.165, 1.54) is 0 Å². The number of methoxy groups -OCH3 is 1. The summed E-state index contributed by atoms with van der Waals surface area (Å²) in [6.07, 6.45) is 3.46. The number of ether oxygens (including phenoxy) is 1. The fourth-order valence-corrected chi connectivity index (χ4v) is 2.59. The minimum Gasteiger partial charge on any atom is -0.493 e. The minimum atomic E-state index is -0.258. The zero-order chi connectivity index (χ0) is 14.8. The van der Waals surface area contributed by atoms with Gasteiger partial charge in [0.1, 0.15) is 5.69 Å². The molecular formula is C15H17N5O. The van der Waals surface area contributed by atoms with Crippen LogP contribution < -0.4 is 16.0 Å². The molecule has 0 amide bonds. The molecule has 6 nitrogen and oxygen atoms in total. The Bertz CT molecular complexity index is 762. The minimum absolute atomic E-state index is 0.258. The standard InChI is InChI=1S/C15H17N5O/c1-20-15(12(21-2)9-18-20)14(19-16)11-7-3-5-10-6-4-8-17-13(10)11/h3-9,14,19H,16H2,1-2H3. The first-order valence-electron chi connectivity index (χ1n) is 6.62. The zero-order valence-corrected chi connectivity index (χ0v) is 11.9. The molecule has 0 spiro atoms. The fraction of sp³-hybridized carbons (Fsp3) is 0.200. The largest absolute Gasteiger partial charge is 0.493 e. The molecule has 0 radical (unpaired) electrons. The highest BCUT2D eigenvalue weighted by Crippen LogP contribution is 2.32. The normalized spacial score (nSPS) is 12.5. The van der Waals surface area contributed by atoms with Crippen LogP contribution in [-0.4, -0.2) is 21.9 Å². The third-order valence-electron chi connectivity index (χ3n) is 3.58. The summed E-state index contributed by atoms with van der Waals surface area (Å²) in [7, 11) is 3.48.